The monoisotopic (exact) mass is 799 g/mol. The molecule has 11 heteroatoms. The Kier molecular flexibility index (Phi) is 37.3. The van der Waals surface area contributed by atoms with E-state index < -0.39 is 44.7 Å². The largest absolute Gasteiger partial charge is 0.469 e. The van der Waals surface area contributed by atoms with Crippen LogP contribution in [0.3, 0.4) is 0 Å². The number of aliphatic hydroxyl groups excluding tert-OH is 2. The summed E-state index contributed by atoms with van der Waals surface area (Å²) in [6.45, 7) is 3.43. The average Bonchev–Trinajstić information content (AvgIpc) is 3.14. The van der Waals surface area contributed by atoms with Crippen molar-refractivity contribution in [3.8, 4) is 0 Å². The maximum Gasteiger partial charge on any atom is 0.469 e. The molecule has 3 atom stereocenters. The number of carbonyl (C=O) groups excluding carboxylic acids is 2. The molecule has 0 aromatic rings. The number of esters is 2. The van der Waals surface area contributed by atoms with Crippen molar-refractivity contribution in [1.82, 2.24) is 0 Å². The highest BCUT2D eigenvalue weighted by Crippen LogP contribution is 2.36. The Morgan fingerprint density at radius 3 is 1.56 bits per heavy atom. The lowest BCUT2D eigenvalue weighted by molar-refractivity contribution is -0.161. The summed E-state index contributed by atoms with van der Waals surface area (Å²) in [4.78, 5) is 42.9. The van der Waals surface area contributed by atoms with Crippen LogP contribution in [0, 0.1) is 0 Å². The molecule has 0 aliphatic rings. The molecule has 55 heavy (non-hydrogen) atoms. The van der Waals surface area contributed by atoms with Gasteiger partial charge in [0.1, 0.15) is 6.61 Å². The summed E-state index contributed by atoms with van der Waals surface area (Å²) in [6.07, 6.45) is 40.3. The minimum Gasteiger partial charge on any atom is -0.462 e. The molecule has 0 spiro atoms. The summed E-state index contributed by atoms with van der Waals surface area (Å²) in [5.41, 5.74) is 0. The second-order valence-electron chi connectivity index (χ2n) is 14.7. The quantitative estimate of drug-likeness (QED) is 0.0155. The first-order valence-electron chi connectivity index (χ1n) is 21.6. The maximum atomic E-state index is 12.4. The first-order chi connectivity index (χ1) is 26.6. The lowest BCUT2D eigenvalue weighted by atomic mass is 10.0. The van der Waals surface area contributed by atoms with Crippen LogP contribution in [0.15, 0.2) is 48.6 Å². The highest BCUT2D eigenvalue weighted by atomic mass is 31.2. The van der Waals surface area contributed by atoms with Crippen molar-refractivity contribution < 1.29 is 48.2 Å². The summed E-state index contributed by atoms with van der Waals surface area (Å²) < 4.78 is 26.2. The van der Waals surface area contributed by atoms with Gasteiger partial charge in [-0.2, -0.15) is 0 Å². The Labute approximate surface area is 334 Å². The predicted octanol–water partition coefficient (Wildman–Crippen LogP) is 11.1. The van der Waals surface area contributed by atoms with E-state index in [1.165, 1.54) is 109 Å². The minimum atomic E-state index is -4.82. The number of hydrogen-bond donors (Lipinski definition) is 4. The number of phosphoric acid groups is 1. The van der Waals surface area contributed by atoms with Gasteiger partial charge in [0.05, 0.1) is 18.8 Å². The standard InChI is InChI=1S/C44H79O10P/c1-3-5-7-9-11-12-13-14-15-16-17-18-19-20-21-22-24-30-36-43(47)52-38-42(39-53-55(49,50)51)54-44(48)37-31-35-41(46)34-29-26-25-28-33-40(45)32-27-23-10-8-6-4-2/h23,25-29,33-34,40-42,45-46H,3-22,24,30-32,35-39H2,1-2H3,(H2,49,50,51)/b26-25+,27-23-,33-28+,34-29-/t40-,41-,42+/m0/s1. The van der Waals surface area contributed by atoms with Gasteiger partial charge in [-0.25, -0.2) is 4.57 Å². The third-order valence-electron chi connectivity index (χ3n) is 9.29. The van der Waals surface area contributed by atoms with Crippen molar-refractivity contribution >= 4 is 19.8 Å². The topological polar surface area (TPSA) is 160 Å². The first-order valence-corrected chi connectivity index (χ1v) is 23.2. The molecule has 4 N–H and O–H groups in total. The van der Waals surface area contributed by atoms with Gasteiger partial charge >= 0.3 is 19.8 Å². The molecule has 0 heterocycles. The molecule has 0 aromatic heterocycles. The Balaban J connectivity index is 4.14. The molecule has 0 unspecified atom stereocenters. The number of carbonyl (C=O) groups is 2. The zero-order valence-corrected chi connectivity index (χ0v) is 35.4. The van der Waals surface area contributed by atoms with Gasteiger partial charge in [0.2, 0.25) is 0 Å². The fourth-order valence-corrected chi connectivity index (χ4v) is 6.34. The van der Waals surface area contributed by atoms with E-state index in [2.05, 4.69) is 24.4 Å². The van der Waals surface area contributed by atoms with Gasteiger partial charge in [-0.05, 0) is 38.5 Å². The van der Waals surface area contributed by atoms with Crippen molar-refractivity contribution in [2.45, 2.75) is 206 Å². The normalized spacial score (nSPS) is 14.1. The first kappa shape index (κ1) is 52.9. The van der Waals surface area contributed by atoms with Crippen LogP contribution in [0.2, 0.25) is 0 Å². The van der Waals surface area contributed by atoms with E-state index >= 15 is 0 Å². The lowest BCUT2D eigenvalue weighted by Gasteiger charge is -2.18. The molecule has 0 aromatic carbocycles. The van der Waals surface area contributed by atoms with Gasteiger partial charge in [-0.1, -0.05) is 184 Å². The van der Waals surface area contributed by atoms with Crippen LogP contribution in [0.5, 0.6) is 0 Å². The van der Waals surface area contributed by atoms with Crippen LogP contribution in [-0.2, 0) is 28.2 Å². The molecule has 0 amide bonds. The molecule has 0 rings (SSSR count). The number of ether oxygens (including phenoxy) is 2. The van der Waals surface area contributed by atoms with Crippen LogP contribution in [-0.4, -0.2) is 63.5 Å². The van der Waals surface area contributed by atoms with Crippen LogP contribution in [0.4, 0.5) is 0 Å². The van der Waals surface area contributed by atoms with E-state index in [9.17, 15) is 24.4 Å². The molecule has 10 nitrogen and oxygen atoms in total. The van der Waals surface area contributed by atoms with Gasteiger partial charge in [0.15, 0.2) is 6.10 Å². The number of aliphatic hydroxyl groups is 2. The molecule has 320 valence electrons. The maximum absolute atomic E-state index is 12.4. The van der Waals surface area contributed by atoms with Gasteiger partial charge in [-0.15, -0.1) is 0 Å². The Hall–Kier alpha value is -2.07. The van der Waals surface area contributed by atoms with Crippen LogP contribution in [0.25, 0.3) is 0 Å². The third kappa shape index (κ3) is 41.4. The Morgan fingerprint density at radius 2 is 1.04 bits per heavy atom. The number of hydrogen-bond acceptors (Lipinski definition) is 8. The van der Waals surface area contributed by atoms with Crippen molar-refractivity contribution in [2.75, 3.05) is 13.2 Å². The molecule has 0 saturated heterocycles. The zero-order chi connectivity index (χ0) is 40.7. The number of rotatable bonds is 39. The molecule has 0 saturated carbocycles. The summed E-state index contributed by atoms with van der Waals surface area (Å²) in [5.74, 6) is -1.12. The van der Waals surface area contributed by atoms with Crippen molar-refractivity contribution in [2.24, 2.45) is 0 Å². The summed E-state index contributed by atoms with van der Waals surface area (Å²) in [5, 5.41) is 20.2. The van der Waals surface area contributed by atoms with E-state index in [-0.39, 0.29) is 25.9 Å². The SMILES string of the molecule is CCCCC/C=C\C[C@H](O)/C=C/C=C/C=C\[C@H](O)CCCC(=O)O[C@H](COC(=O)CCCCCCCCCCCCCCCCCCCC)COP(=O)(O)O. The predicted molar refractivity (Wildman–Crippen MR) is 223 cm³/mol. The van der Waals surface area contributed by atoms with Crippen LogP contribution >= 0.6 is 7.82 Å². The molecule has 0 fully saturated rings. The van der Waals surface area contributed by atoms with Crippen LogP contribution in [0.1, 0.15) is 187 Å². The number of unbranched alkanes of at least 4 members (excludes halogenated alkanes) is 20. The molecular formula is C44H79O10P. The summed E-state index contributed by atoms with van der Waals surface area (Å²) in [6, 6.07) is 0. The van der Waals surface area contributed by atoms with Crippen molar-refractivity contribution in [3.05, 3.63) is 48.6 Å². The molecular weight excluding hydrogens is 719 g/mol. The fraction of sp³-hybridized carbons (Fsp3) is 0.773. The van der Waals surface area contributed by atoms with Gasteiger partial charge in [0, 0.05) is 12.8 Å². The van der Waals surface area contributed by atoms with E-state index in [0.717, 1.165) is 25.7 Å². The minimum absolute atomic E-state index is 0.0475. The van der Waals surface area contributed by atoms with Crippen LogP contribution < -0.4 is 0 Å². The van der Waals surface area contributed by atoms with Gasteiger partial charge in [0.25, 0.3) is 0 Å². The third-order valence-corrected chi connectivity index (χ3v) is 9.78. The van der Waals surface area contributed by atoms with E-state index in [4.69, 9.17) is 19.3 Å². The van der Waals surface area contributed by atoms with E-state index in [1.807, 2.05) is 6.08 Å². The zero-order valence-electron chi connectivity index (χ0n) is 34.5. The summed E-state index contributed by atoms with van der Waals surface area (Å²) in [7, 11) is -4.82. The lowest BCUT2D eigenvalue weighted by Crippen LogP contribution is -2.29. The number of allylic oxidation sites excluding steroid dienone is 5. The highest BCUT2D eigenvalue weighted by Gasteiger charge is 2.23. The van der Waals surface area contributed by atoms with Crippen molar-refractivity contribution in [3.63, 3.8) is 0 Å². The second kappa shape index (κ2) is 38.8. The van der Waals surface area contributed by atoms with Gasteiger partial charge < -0.3 is 29.5 Å². The Morgan fingerprint density at radius 1 is 0.564 bits per heavy atom. The second-order valence-corrected chi connectivity index (χ2v) is 16.0. The summed E-state index contributed by atoms with van der Waals surface area (Å²) >= 11 is 0. The smallest absolute Gasteiger partial charge is 0.462 e. The highest BCUT2D eigenvalue weighted by molar-refractivity contribution is 7.46. The average molecular weight is 799 g/mol. The van der Waals surface area contributed by atoms with E-state index in [0.29, 0.717) is 19.3 Å². The number of phosphoric ester groups is 1. The molecule has 0 aliphatic carbocycles. The van der Waals surface area contributed by atoms with Gasteiger partial charge in [-0.3, -0.25) is 14.1 Å². The Bertz CT molecular complexity index is 1070. The van der Waals surface area contributed by atoms with E-state index in [1.54, 1.807) is 36.5 Å². The van der Waals surface area contributed by atoms with Crippen molar-refractivity contribution in [1.29, 1.82) is 0 Å². The molecule has 0 bridgehead atoms. The fourth-order valence-electron chi connectivity index (χ4n) is 5.98. The molecule has 0 aliphatic heterocycles. The molecule has 0 radical (unpaired) electrons.